The van der Waals surface area contributed by atoms with Crippen LogP contribution in [0.3, 0.4) is 0 Å². The van der Waals surface area contributed by atoms with Crippen LogP contribution >= 0.6 is 27.7 Å². The molecule has 0 aliphatic carbocycles. The highest BCUT2D eigenvalue weighted by atomic mass is 79.9. The largest absolute Gasteiger partial charge is 0.457 e. The monoisotopic (exact) mass is 470 g/mol. The van der Waals surface area contributed by atoms with Gasteiger partial charge in [-0.25, -0.2) is 0 Å². The first-order chi connectivity index (χ1) is 14.0. The lowest BCUT2D eigenvalue weighted by atomic mass is 10.1. The summed E-state index contributed by atoms with van der Waals surface area (Å²) in [6.07, 6.45) is 5.70. The minimum Gasteiger partial charge on any atom is -0.457 e. The summed E-state index contributed by atoms with van der Waals surface area (Å²) < 4.78 is 6.85. The van der Waals surface area contributed by atoms with Crippen LogP contribution in [0.15, 0.2) is 61.0 Å². The van der Waals surface area contributed by atoms with Gasteiger partial charge in [-0.2, -0.15) is 15.1 Å². The van der Waals surface area contributed by atoms with Crippen molar-refractivity contribution in [2.24, 2.45) is 10.1 Å². The van der Waals surface area contributed by atoms with E-state index in [0.29, 0.717) is 16.7 Å². The third kappa shape index (κ3) is 4.28. The molecule has 1 aromatic carbocycles. The molecule has 3 heterocycles. The number of nitrogens with one attached hydrogen (secondary N) is 1. The van der Waals surface area contributed by atoms with Gasteiger partial charge < -0.3 is 4.42 Å². The second-order valence-corrected chi connectivity index (χ2v) is 8.64. The van der Waals surface area contributed by atoms with E-state index < -0.39 is 5.91 Å². The Labute approximate surface area is 181 Å². The minimum absolute atomic E-state index is 0.0274. The molecule has 1 N–H and O–H groups in total. The van der Waals surface area contributed by atoms with Crippen molar-refractivity contribution in [2.75, 3.05) is 0 Å². The van der Waals surface area contributed by atoms with Crippen molar-refractivity contribution in [1.82, 2.24) is 5.01 Å². The Bertz CT molecular complexity index is 1050. The Morgan fingerprint density at radius 2 is 2.00 bits per heavy atom. The molecule has 0 saturated carbocycles. The number of thioether (sulfide) groups is 1. The number of nitrogens with zero attached hydrogens (tertiary/aromatic N) is 3. The predicted octanol–water partition coefficient (Wildman–Crippen LogP) is 5.91. The van der Waals surface area contributed by atoms with Crippen LogP contribution in [-0.2, 0) is 4.79 Å². The predicted molar refractivity (Wildman–Crippen MR) is 121 cm³/mol. The molecule has 0 radical (unpaired) electrons. The summed E-state index contributed by atoms with van der Waals surface area (Å²) in [5, 5.41) is 15.7. The SMILES string of the molecule is CCCCCC1=NN2C(=N)/C(=C/c3ccc(-c4ccc(Br)cc4)o3)C(=O)N=C2S1. The number of hydrogen-bond acceptors (Lipinski definition) is 5. The molecule has 148 valence electrons. The van der Waals surface area contributed by atoms with Crippen molar-refractivity contribution in [3.63, 3.8) is 0 Å². The van der Waals surface area contributed by atoms with Crippen LogP contribution in [-0.4, -0.2) is 27.0 Å². The van der Waals surface area contributed by atoms with Crippen LogP contribution in [0.25, 0.3) is 17.4 Å². The van der Waals surface area contributed by atoms with E-state index >= 15 is 0 Å². The van der Waals surface area contributed by atoms with Gasteiger partial charge in [-0.15, -0.1) is 0 Å². The molecule has 29 heavy (non-hydrogen) atoms. The molecular formula is C21H19BrN4O2S. The fourth-order valence-corrected chi connectivity index (χ4v) is 4.19. The number of carbonyl (C=O) groups is 1. The van der Waals surface area contributed by atoms with Crippen LogP contribution in [0.4, 0.5) is 0 Å². The van der Waals surface area contributed by atoms with Gasteiger partial charge in [0.25, 0.3) is 5.91 Å². The van der Waals surface area contributed by atoms with Gasteiger partial charge >= 0.3 is 0 Å². The van der Waals surface area contributed by atoms with Gasteiger partial charge in [0.15, 0.2) is 5.84 Å². The Balaban J connectivity index is 1.55. The van der Waals surface area contributed by atoms with E-state index in [2.05, 4.69) is 32.9 Å². The van der Waals surface area contributed by atoms with Crippen LogP contribution in [0.1, 0.15) is 38.4 Å². The Morgan fingerprint density at radius 3 is 2.76 bits per heavy atom. The number of furan rings is 1. The van der Waals surface area contributed by atoms with Crippen molar-refractivity contribution in [3.8, 4) is 11.3 Å². The van der Waals surface area contributed by atoms with Crippen molar-refractivity contribution in [3.05, 3.63) is 52.2 Å². The van der Waals surface area contributed by atoms with Gasteiger partial charge in [-0.05, 0) is 54.9 Å². The molecule has 0 spiro atoms. The number of halogens is 1. The van der Waals surface area contributed by atoms with E-state index in [1.807, 2.05) is 30.3 Å². The zero-order chi connectivity index (χ0) is 20.4. The van der Waals surface area contributed by atoms with Crippen LogP contribution < -0.4 is 0 Å². The number of amides is 1. The molecule has 2 aliphatic heterocycles. The molecule has 0 saturated heterocycles. The number of rotatable bonds is 6. The highest BCUT2D eigenvalue weighted by Gasteiger charge is 2.35. The van der Waals surface area contributed by atoms with Crippen molar-refractivity contribution < 1.29 is 9.21 Å². The molecule has 1 amide bonds. The van der Waals surface area contributed by atoms with Crippen LogP contribution in [0.2, 0.25) is 0 Å². The highest BCUT2D eigenvalue weighted by molar-refractivity contribution is 9.10. The number of carbonyl (C=O) groups excluding carboxylic acids is 1. The molecule has 0 unspecified atom stereocenters. The third-order valence-corrected chi connectivity index (χ3v) is 6.03. The number of fused-ring (bicyclic) bond motifs is 1. The van der Waals surface area contributed by atoms with E-state index in [4.69, 9.17) is 9.83 Å². The summed E-state index contributed by atoms with van der Waals surface area (Å²) in [5.74, 6) is 0.768. The average molecular weight is 471 g/mol. The Hall–Kier alpha value is -2.45. The van der Waals surface area contributed by atoms with Gasteiger partial charge in [0.2, 0.25) is 5.17 Å². The van der Waals surface area contributed by atoms with Crippen LogP contribution in [0, 0.1) is 5.41 Å². The zero-order valence-corrected chi connectivity index (χ0v) is 18.2. The zero-order valence-electron chi connectivity index (χ0n) is 15.8. The molecule has 0 bridgehead atoms. The lowest BCUT2D eigenvalue weighted by molar-refractivity contribution is -0.114. The fourth-order valence-electron chi connectivity index (χ4n) is 3.00. The Morgan fingerprint density at radius 1 is 1.21 bits per heavy atom. The first-order valence-corrected chi connectivity index (χ1v) is 11.0. The molecule has 2 aromatic rings. The van der Waals surface area contributed by atoms with Crippen molar-refractivity contribution in [2.45, 2.75) is 32.6 Å². The van der Waals surface area contributed by atoms with E-state index in [1.165, 1.54) is 16.8 Å². The van der Waals surface area contributed by atoms with Crippen molar-refractivity contribution >= 4 is 55.7 Å². The number of hydrazone groups is 1. The van der Waals surface area contributed by atoms with Gasteiger partial charge in [-0.1, -0.05) is 47.8 Å². The second kappa shape index (κ2) is 8.51. The van der Waals surface area contributed by atoms with Gasteiger partial charge in [-0.3, -0.25) is 10.2 Å². The second-order valence-electron chi connectivity index (χ2n) is 6.68. The molecule has 2 aliphatic rings. The topological polar surface area (TPSA) is 82.0 Å². The maximum absolute atomic E-state index is 12.5. The van der Waals surface area contributed by atoms with E-state index in [9.17, 15) is 4.79 Å². The lowest BCUT2D eigenvalue weighted by Crippen LogP contribution is -2.35. The number of benzene rings is 1. The molecule has 8 heteroatoms. The third-order valence-electron chi connectivity index (χ3n) is 4.53. The quantitative estimate of drug-likeness (QED) is 0.420. The molecule has 1 aromatic heterocycles. The maximum atomic E-state index is 12.5. The molecule has 0 atom stereocenters. The van der Waals surface area contributed by atoms with Gasteiger partial charge in [0.1, 0.15) is 16.6 Å². The van der Waals surface area contributed by atoms with Crippen molar-refractivity contribution in [1.29, 1.82) is 5.41 Å². The molecule has 6 nitrogen and oxygen atoms in total. The average Bonchev–Trinajstić information content (AvgIpc) is 3.33. The van der Waals surface area contributed by atoms with E-state index in [1.54, 1.807) is 12.1 Å². The summed E-state index contributed by atoms with van der Waals surface area (Å²) in [7, 11) is 0. The fraction of sp³-hybridized carbons (Fsp3) is 0.238. The standard InChI is InChI=1S/C21H19BrN4O2S/c1-2-3-4-5-18-25-26-19(23)16(20(27)24-21(26)29-18)12-15-10-11-17(28-15)13-6-8-14(22)9-7-13/h6-12,23H,2-5H2,1H3/b16-12-,23-19?. The normalized spacial score (nSPS) is 17.6. The summed E-state index contributed by atoms with van der Waals surface area (Å²) >= 11 is 4.79. The van der Waals surface area contributed by atoms with E-state index in [-0.39, 0.29) is 11.4 Å². The smallest absolute Gasteiger partial charge is 0.283 e. The summed E-state index contributed by atoms with van der Waals surface area (Å²) in [4.78, 5) is 16.6. The number of unbranched alkanes of at least 4 members (excludes halogenated alkanes) is 2. The Kier molecular flexibility index (Phi) is 5.82. The summed E-state index contributed by atoms with van der Waals surface area (Å²) in [6.45, 7) is 2.15. The summed E-state index contributed by atoms with van der Waals surface area (Å²) in [5.41, 5.74) is 1.10. The van der Waals surface area contributed by atoms with Crippen LogP contribution in [0.5, 0.6) is 0 Å². The minimum atomic E-state index is -0.444. The molecular weight excluding hydrogens is 452 g/mol. The first kappa shape index (κ1) is 19.8. The number of amidine groups is 2. The van der Waals surface area contributed by atoms with Gasteiger partial charge in [0, 0.05) is 10.0 Å². The highest BCUT2D eigenvalue weighted by Crippen LogP contribution is 2.31. The van der Waals surface area contributed by atoms with E-state index in [0.717, 1.165) is 40.8 Å². The number of hydrogen-bond donors (Lipinski definition) is 1. The molecule has 0 fully saturated rings. The van der Waals surface area contributed by atoms with Gasteiger partial charge in [0.05, 0.1) is 5.57 Å². The molecule has 4 rings (SSSR count). The lowest BCUT2D eigenvalue weighted by Gasteiger charge is -2.19. The first-order valence-electron chi connectivity index (χ1n) is 9.40. The maximum Gasteiger partial charge on any atom is 0.283 e. The number of aliphatic imine (C=N–C) groups is 1. The summed E-state index contributed by atoms with van der Waals surface area (Å²) in [6, 6.07) is 11.4.